The Morgan fingerprint density at radius 2 is 1.73 bits per heavy atom. The zero-order chi connectivity index (χ0) is 24.3. The van der Waals surface area contributed by atoms with Gasteiger partial charge in [-0.05, 0) is 48.9 Å². The molecule has 0 saturated heterocycles. The number of rotatable bonds is 6. The van der Waals surface area contributed by atoms with Gasteiger partial charge in [-0.2, -0.15) is 13.2 Å². The van der Waals surface area contributed by atoms with Crippen LogP contribution in [0.3, 0.4) is 0 Å². The Balaban J connectivity index is 2.05. The molecule has 0 spiro atoms. The topological polar surface area (TPSA) is 104 Å². The van der Waals surface area contributed by atoms with Gasteiger partial charge in [-0.15, -0.1) is 0 Å². The van der Waals surface area contributed by atoms with Gasteiger partial charge in [0.1, 0.15) is 17.3 Å². The van der Waals surface area contributed by atoms with E-state index in [-0.39, 0.29) is 34.2 Å². The second-order valence-corrected chi connectivity index (χ2v) is 6.76. The lowest BCUT2D eigenvalue weighted by atomic mass is 10.00. The molecule has 0 radical (unpaired) electrons. The number of nitrogens with one attached hydrogen (secondary N) is 1. The molecule has 33 heavy (non-hydrogen) atoms. The van der Waals surface area contributed by atoms with Crippen LogP contribution in [-0.4, -0.2) is 23.9 Å². The summed E-state index contributed by atoms with van der Waals surface area (Å²) in [4.78, 5) is 27.9. The molecule has 3 aromatic rings. The second-order valence-electron chi connectivity index (χ2n) is 6.76. The molecule has 2 aromatic carbocycles. The number of amides is 2. The first-order valence-corrected chi connectivity index (χ1v) is 9.30. The molecule has 0 aliphatic heterocycles. The molecule has 172 valence electrons. The first-order valence-electron chi connectivity index (χ1n) is 9.30. The van der Waals surface area contributed by atoms with Crippen LogP contribution in [0.2, 0.25) is 0 Å². The summed E-state index contributed by atoms with van der Waals surface area (Å²) < 4.78 is 64.6. The fourth-order valence-corrected chi connectivity index (χ4v) is 3.01. The van der Waals surface area contributed by atoms with E-state index in [1.165, 1.54) is 25.3 Å². The largest absolute Gasteiger partial charge is 0.493 e. The zero-order valence-electron chi connectivity index (χ0n) is 17.3. The number of benzene rings is 2. The lowest BCUT2D eigenvalue weighted by Gasteiger charge is -2.19. The summed E-state index contributed by atoms with van der Waals surface area (Å²) in [5.74, 6) is -2.59. The number of ether oxygens (including phenoxy) is 2. The van der Waals surface area contributed by atoms with Crippen LogP contribution >= 0.6 is 0 Å². The summed E-state index contributed by atoms with van der Waals surface area (Å²) in [7, 11) is 1.26. The summed E-state index contributed by atoms with van der Waals surface area (Å²) in [6.45, 7) is 1.13. The van der Waals surface area contributed by atoms with Crippen molar-refractivity contribution < 1.29 is 36.6 Å². The molecule has 11 heteroatoms. The van der Waals surface area contributed by atoms with Crippen molar-refractivity contribution in [3.05, 3.63) is 76.9 Å². The van der Waals surface area contributed by atoms with Gasteiger partial charge >= 0.3 is 6.18 Å². The van der Waals surface area contributed by atoms with Gasteiger partial charge in [0, 0.05) is 6.07 Å². The van der Waals surface area contributed by atoms with Crippen LogP contribution in [0.1, 0.15) is 32.0 Å². The zero-order valence-corrected chi connectivity index (χ0v) is 17.3. The highest BCUT2D eigenvalue weighted by molar-refractivity contribution is 6.07. The molecule has 1 aromatic heterocycles. The number of halogens is 4. The minimum atomic E-state index is -4.73. The van der Waals surface area contributed by atoms with E-state index in [0.717, 1.165) is 37.4 Å². The highest BCUT2D eigenvalue weighted by Crippen LogP contribution is 2.39. The molecule has 0 aliphatic rings. The van der Waals surface area contributed by atoms with Crippen LogP contribution in [0.15, 0.2) is 48.7 Å². The van der Waals surface area contributed by atoms with Gasteiger partial charge in [0.05, 0.1) is 30.1 Å². The summed E-state index contributed by atoms with van der Waals surface area (Å²) in [6, 6.07) is 7.64. The molecular formula is C22H17F4N3O4. The van der Waals surface area contributed by atoms with Crippen molar-refractivity contribution in [2.24, 2.45) is 5.73 Å². The normalized spacial score (nSPS) is 11.1. The van der Waals surface area contributed by atoms with Gasteiger partial charge in [0.25, 0.3) is 11.8 Å². The van der Waals surface area contributed by atoms with Crippen LogP contribution in [-0.2, 0) is 6.18 Å². The first-order chi connectivity index (χ1) is 15.5. The third-order valence-corrected chi connectivity index (χ3v) is 4.58. The Labute approximate surface area is 185 Å². The van der Waals surface area contributed by atoms with Gasteiger partial charge in [-0.3, -0.25) is 9.59 Å². The van der Waals surface area contributed by atoms with Crippen molar-refractivity contribution in [1.29, 1.82) is 0 Å². The van der Waals surface area contributed by atoms with E-state index in [0.29, 0.717) is 0 Å². The standard InChI is InChI=1S/C22H17F4N3O4/c1-11-14(22(24,25)26)5-8-17(33-16-7-3-12(23)9-18(16)32-2)19(11)21(31)29-13-4-6-15(20(27)30)28-10-13/h3-10H,1-2H3,(H2,27,30)(H,29,31). The van der Waals surface area contributed by atoms with Crippen molar-refractivity contribution in [3.63, 3.8) is 0 Å². The maximum absolute atomic E-state index is 13.5. The Hall–Kier alpha value is -4.15. The summed E-state index contributed by atoms with van der Waals surface area (Å²) in [5.41, 5.74) is 3.33. The van der Waals surface area contributed by atoms with E-state index in [4.69, 9.17) is 15.2 Å². The highest BCUT2D eigenvalue weighted by Gasteiger charge is 2.35. The number of alkyl halides is 3. The number of pyridine rings is 1. The molecule has 0 unspecified atom stereocenters. The first kappa shape index (κ1) is 23.5. The summed E-state index contributed by atoms with van der Waals surface area (Å²) in [5, 5.41) is 2.42. The smallest absolute Gasteiger partial charge is 0.416 e. The molecular weight excluding hydrogens is 446 g/mol. The highest BCUT2D eigenvalue weighted by atomic mass is 19.4. The summed E-state index contributed by atoms with van der Waals surface area (Å²) >= 11 is 0. The molecule has 3 N–H and O–H groups in total. The van der Waals surface area contributed by atoms with Crippen molar-refractivity contribution in [2.75, 3.05) is 12.4 Å². The number of primary amides is 1. The third-order valence-electron chi connectivity index (χ3n) is 4.58. The molecule has 2 amide bonds. The van der Waals surface area contributed by atoms with Gasteiger partial charge in [0.2, 0.25) is 0 Å². The number of methoxy groups -OCH3 is 1. The SMILES string of the molecule is COc1cc(F)ccc1Oc1ccc(C(F)(F)F)c(C)c1C(=O)Nc1ccc(C(N)=O)nc1. The number of carbonyl (C=O) groups is 2. The fourth-order valence-electron chi connectivity index (χ4n) is 3.01. The predicted molar refractivity (Wildman–Crippen MR) is 110 cm³/mol. The second kappa shape index (κ2) is 9.15. The maximum atomic E-state index is 13.5. The fraction of sp³-hybridized carbons (Fsp3) is 0.136. The number of hydrogen-bond donors (Lipinski definition) is 2. The monoisotopic (exact) mass is 463 g/mol. The minimum absolute atomic E-state index is 0.0143. The van der Waals surface area contributed by atoms with E-state index in [1.54, 1.807) is 0 Å². The van der Waals surface area contributed by atoms with E-state index >= 15 is 0 Å². The maximum Gasteiger partial charge on any atom is 0.416 e. The third kappa shape index (κ3) is 5.20. The molecule has 3 rings (SSSR count). The molecule has 0 aliphatic carbocycles. The molecule has 0 saturated carbocycles. The van der Waals surface area contributed by atoms with Crippen LogP contribution in [0.4, 0.5) is 23.2 Å². The lowest BCUT2D eigenvalue weighted by Crippen LogP contribution is -2.19. The molecule has 0 bridgehead atoms. The Kier molecular flexibility index (Phi) is 6.52. The van der Waals surface area contributed by atoms with Crippen LogP contribution in [0, 0.1) is 12.7 Å². The number of nitrogens with zero attached hydrogens (tertiary/aromatic N) is 1. The number of nitrogens with two attached hydrogens (primary N) is 1. The Bertz CT molecular complexity index is 1210. The molecule has 0 fully saturated rings. The van der Waals surface area contributed by atoms with Crippen molar-refractivity contribution in [1.82, 2.24) is 4.98 Å². The lowest BCUT2D eigenvalue weighted by molar-refractivity contribution is -0.138. The average molecular weight is 463 g/mol. The van der Waals surface area contributed by atoms with E-state index < -0.39 is 34.9 Å². The molecule has 7 nitrogen and oxygen atoms in total. The Morgan fingerprint density at radius 1 is 1.03 bits per heavy atom. The van der Waals surface area contributed by atoms with Gasteiger partial charge in [0.15, 0.2) is 11.5 Å². The van der Waals surface area contributed by atoms with Crippen molar-refractivity contribution >= 4 is 17.5 Å². The average Bonchev–Trinajstić information content (AvgIpc) is 2.74. The van der Waals surface area contributed by atoms with Crippen molar-refractivity contribution in [2.45, 2.75) is 13.1 Å². The van der Waals surface area contributed by atoms with E-state index in [1.807, 2.05) is 0 Å². The van der Waals surface area contributed by atoms with E-state index in [9.17, 15) is 27.2 Å². The number of carbonyl (C=O) groups excluding carboxylic acids is 2. The quantitative estimate of drug-likeness (QED) is 0.516. The number of anilines is 1. The van der Waals surface area contributed by atoms with Crippen molar-refractivity contribution in [3.8, 4) is 17.2 Å². The summed E-state index contributed by atoms with van der Waals surface area (Å²) in [6.07, 6.45) is -3.60. The number of hydrogen-bond acceptors (Lipinski definition) is 5. The van der Waals surface area contributed by atoms with Gasteiger partial charge in [-0.1, -0.05) is 0 Å². The van der Waals surface area contributed by atoms with Crippen LogP contribution < -0.4 is 20.5 Å². The van der Waals surface area contributed by atoms with Gasteiger partial charge in [-0.25, -0.2) is 9.37 Å². The predicted octanol–water partition coefficient (Wildman–Crippen LogP) is 4.70. The van der Waals surface area contributed by atoms with Gasteiger partial charge < -0.3 is 20.5 Å². The number of aromatic nitrogens is 1. The Morgan fingerprint density at radius 3 is 2.30 bits per heavy atom. The molecule has 1 heterocycles. The van der Waals surface area contributed by atoms with Crippen LogP contribution in [0.25, 0.3) is 0 Å². The van der Waals surface area contributed by atoms with Crippen LogP contribution in [0.5, 0.6) is 17.2 Å². The van der Waals surface area contributed by atoms with E-state index in [2.05, 4.69) is 10.3 Å². The minimum Gasteiger partial charge on any atom is -0.493 e. The molecule has 0 atom stereocenters.